The first-order valence-electron chi connectivity index (χ1n) is 7.99. The van der Waals surface area contributed by atoms with Crippen molar-refractivity contribution in [1.82, 2.24) is 9.80 Å². The Morgan fingerprint density at radius 2 is 1.48 bits per heavy atom. The van der Waals surface area contributed by atoms with Crippen LogP contribution in [0.4, 0.5) is 4.79 Å². The Labute approximate surface area is 127 Å². The summed E-state index contributed by atoms with van der Waals surface area (Å²) in [5.41, 5.74) is -0.786. The van der Waals surface area contributed by atoms with E-state index in [1.54, 1.807) is 4.90 Å². The SMILES string of the molecule is CC(C)(C)OC(=O)N1CCC(C)(C(=O)N2CCCC2)CC1. The highest BCUT2D eigenvalue weighted by atomic mass is 16.6. The van der Waals surface area contributed by atoms with E-state index in [-0.39, 0.29) is 17.4 Å². The molecule has 2 saturated heterocycles. The molecule has 2 aliphatic rings. The Kier molecular flexibility index (Phi) is 4.49. The van der Waals surface area contributed by atoms with E-state index in [1.807, 2.05) is 32.6 Å². The lowest BCUT2D eigenvalue weighted by atomic mass is 9.79. The Hall–Kier alpha value is -1.26. The van der Waals surface area contributed by atoms with E-state index in [0.717, 1.165) is 38.8 Å². The summed E-state index contributed by atoms with van der Waals surface area (Å²) < 4.78 is 5.40. The lowest BCUT2D eigenvalue weighted by Crippen LogP contribution is -2.50. The molecular formula is C16H28N2O3. The molecular weight excluding hydrogens is 268 g/mol. The van der Waals surface area contributed by atoms with Crippen LogP contribution in [0.1, 0.15) is 53.4 Å². The second-order valence-corrected chi connectivity index (χ2v) is 7.53. The van der Waals surface area contributed by atoms with Crippen LogP contribution in [-0.4, -0.2) is 53.6 Å². The molecule has 0 radical (unpaired) electrons. The van der Waals surface area contributed by atoms with Crippen molar-refractivity contribution in [3.05, 3.63) is 0 Å². The van der Waals surface area contributed by atoms with E-state index in [9.17, 15) is 9.59 Å². The fourth-order valence-corrected chi connectivity index (χ4v) is 3.03. The standard InChI is InChI=1S/C16H28N2O3/c1-15(2,3)21-14(20)18-11-7-16(4,8-12-18)13(19)17-9-5-6-10-17/h5-12H2,1-4H3. The quantitative estimate of drug-likeness (QED) is 0.747. The number of nitrogens with zero attached hydrogens (tertiary/aromatic N) is 2. The van der Waals surface area contributed by atoms with E-state index >= 15 is 0 Å². The van der Waals surface area contributed by atoms with E-state index in [0.29, 0.717) is 13.1 Å². The predicted molar refractivity (Wildman–Crippen MR) is 81.0 cm³/mol. The van der Waals surface area contributed by atoms with Crippen molar-refractivity contribution in [3.63, 3.8) is 0 Å². The highest BCUT2D eigenvalue weighted by molar-refractivity contribution is 5.83. The summed E-state index contributed by atoms with van der Waals surface area (Å²) in [6.45, 7) is 10.6. The number of carbonyl (C=O) groups excluding carboxylic acids is 2. The summed E-state index contributed by atoms with van der Waals surface area (Å²) in [4.78, 5) is 28.4. The van der Waals surface area contributed by atoms with Crippen LogP contribution in [0.2, 0.25) is 0 Å². The average Bonchev–Trinajstić information content (AvgIpc) is 2.90. The van der Waals surface area contributed by atoms with Crippen LogP contribution in [0.3, 0.4) is 0 Å². The van der Waals surface area contributed by atoms with Gasteiger partial charge in [0.15, 0.2) is 0 Å². The van der Waals surface area contributed by atoms with Crippen molar-refractivity contribution >= 4 is 12.0 Å². The van der Waals surface area contributed by atoms with Crippen LogP contribution in [0.25, 0.3) is 0 Å². The molecule has 0 spiro atoms. The minimum atomic E-state index is -0.469. The highest BCUT2D eigenvalue weighted by Gasteiger charge is 2.41. The van der Waals surface area contributed by atoms with Crippen molar-refractivity contribution in [3.8, 4) is 0 Å². The van der Waals surface area contributed by atoms with Crippen molar-refractivity contribution in [2.45, 2.75) is 59.0 Å². The number of hydrogen-bond acceptors (Lipinski definition) is 3. The summed E-state index contributed by atoms with van der Waals surface area (Å²) in [5.74, 6) is 0.267. The summed E-state index contributed by atoms with van der Waals surface area (Å²) in [6.07, 6.45) is 3.42. The first-order chi connectivity index (χ1) is 9.71. The molecule has 2 rings (SSSR count). The zero-order chi connectivity index (χ0) is 15.7. The molecule has 0 atom stereocenters. The molecule has 21 heavy (non-hydrogen) atoms. The molecule has 0 aromatic carbocycles. The van der Waals surface area contributed by atoms with E-state index in [1.165, 1.54) is 0 Å². The van der Waals surface area contributed by atoms with Gasteiger partial charge in [-0.3, -0.25) is 4.79 Å². The van der Waals surface area contributed by atoms with E-state index < -0.39 is 5.60 Å². The molecule has 0 aromatic heterocycles. The number of rotatable bonds is 1. The topological polar surface area (TPSA) is 49.9 Å². The molecule has 0 saturated carbocycles. The van der Waals surface area contributed by atoms with Gasteiger partial charge in [-0.1, -0.05) is 6.92 Å². The maximum atomic E-state index is 12.6. The minimum absolute atomic E-state index is 0.266. The molecule has 5 heteroatoms. The lowest BCUT2D eigenvalue weighted by Gasteiger charge is -2.40. The second-order valence-electron chi connectivity index (χ2n) is 7.53. The molecule has 2 amide bonds. The number of carbonyl (C=O) groups is 2. The van der Waals surface area contributed by atoms with Crippen LogP contribution >= 0.6 is 0 Å². The van der Waals surface area contributed by atoms with Crippen molar-refractivity contribution in [2.75, 3.05) is 26.2 Å². The molecule has 5 nitrogen and oxygen atoms in total. The van der Waals surface area contributed by atoms with Gasteiger partial charge >= 0.3 is 6.09 Å². The van der Waals surface area contributed by atoms with Gasteiger partial charge in [-0.15, -0.1) is 0 Å². The summed E-state index contributed by atoms with van der Waals surface area (Å²) >= 11 is 0. The molecule has 2 fully saturated rings. The van der Waals surface area contributed by atoms with Gasteiger partial charge in [-0.2, -0.15) is 0 Å². The molecule has 0 N–H and O–H groups in total. The molecule has 0 bridgehead atoms. The average molecular weight is 296 g/mol. The van der Waals surface area contributed by atoms with Crippen molar-refractivity contribution in [2.24, 2.45) is 5.41 Å². The van der Waals surface area contributed by atoms with Gasteiger partial charge in [-0.05, 0) is 46.5 Å². The van der Waals surface area contributed by atoms with E-state index in [4.69, 9.17) is 4.74 Å². The molecule has 0 aliphatic carbocycles. The van der Waals surface area contributed by atoms with Gasteiger partial charge in [0.25, 0.3) is 0 Å². The summed E-state index contributed by atoms with van der Waals surface area (Å²) in [7, 11) is 0. The fourth-order valence-electron chi connectivity index (χ4n) is 3.03. The van der Waals surface area contributed by atoms with Gasteiger partial charge in [0.05, 0.1) is 0 Å². The first-order valence-corrected chi connectivity index (χ1v) is 7.99. The Morgan fingerprint density at radius 1 is 0.952 bits per heavy atom. The van der Waals surface area contributed by atoms with Crippen molar-refractivity contribution in [1.29, 1.82) is 0 Å². The largest absolute Gasteiger partial charge is 0.444 e. The smallest absolute Gasteiger partial charge is 0.410 e. The van der Waals surface area contributed by atoms with Gasteiger partial charge in [0.1, 0.15) is 5.60 Å². The third-order valence-corrected chi connectivity index (χ3v) is 4.43. The van der Waals surface area contributed by atoms with Gasteiger partial charge in [-0.25, -0.2) is 4.79 Å². The third-order valence-electron chi connectivity index (χ3n) is 4.43. The van der Waals surface area contributed by atoms with Gasteiger partial charge in [0, 0.05) is 31.6 Å². The summed E-state index contributed by atoms with van der Waals surface area (Å²) in [5, 5.41) is 0. The molecule has 2 aliphatic heterocycles. The number of likely N-dealkylation sites (tertiary alicyclic amines) is 2. The number of piperidine rings is 1. The molecule has 0 unspecified atom stereocenters. The molecule has 0 aromatic rings. The van der Waals surface area contributed by atoms with E-state index in [2.05, 4.69) is 0 Å². The molecule has 2 heterocycles. The Bertz CT molecular complexity index is 400. The highest BCUT2D eigenvalue weighted by Crippen LogP contribution is 2.34. The Balaban J connectivity index is 1.89. The van der Waals surface area contributed by atoms with Crippen LogP contribution in [0.5, 0.6) is 0 Å². The summed E-state index contributed by atoms with van der Waals surface area (Å²) in [6, 6.07) is 0. The number of hydrogen-bond donors (Lipinski definition) is 0. The fraction of sp³-hybridized carbons (Fsp3) is 0.875. The van der Waals surface area contributed by atoms with Gasteiger partial charge in [0.2, 0.25) is 5.91 Å². The van der Waals surface area contributed by atoms with Crippen LogP contribution in [-0.2, 0) is 9.53 Å². The van der Waals surface area contributed by atoms with Crippen LogP contribution < -0.4 is 0 Å². The monoisotopic (exact) mass is 296 g/mol. The van der Waals surface area contributed by atoms with Crippen LogP contribution in [0.15, 0.2) is 0 Å². The maximum Gasteiger partial charge on any atom is 0.410 e. The Morgan fingerprint density at radius 3 is 1.95 bits per heavy atom. The first kappa shape index (κ1) is 16.1. The molecule has 120 valence electrons. The lowest BCUT2D eigenvalue weighted by molar-refractivity contribution is -0.142. The number of ether oxygens (including phenoxy) is 1. The number of amides is 2. The normalized spacial score (nSPS) is 22.3. The third kappa shape index (κ3) is 3.89. The predicted octanol–water partition coefficient (Wildman–Crippen LogP) is 2.65. The minimum Gasteiger partial charge on any atom is -0.444 e. The zero-order valence-corrected chi connectivity index (χ0v) is 13.8. The van der Waals surface area contributed by atoms with Crippen molar-refractivity contribution < 1.29 is 14.3 Å². The zero-order valence-electron chi connectivity index (χ0n) is 13.8. The maximum absolute atomic E-state index is 12.6. The van der Waals surface area contributed by atoms with Gasteiger partial charge < -0.3 is 14.5 Å². The second kappa shape index (κ2) is 5.85. The van der Waals surface area contributed by atoms with Crippen LogP contribution in [0, 0.1) is 5.41 Å².